The number of imide groups is 1. The Labute approximate surface area is 345 Å². The van der Waals surface area contributed by atoms with Crippen LogP contribution in [0.2, 0.25) is 0 Å². The molecule has 9 rings (SSSR count). The minimum atomic E-state index is -0.728. The lowest BCUT2D eigenvalue weighted by molar-refractivity contribution is -0.136. The zero-order valence-electron chi connectivity index (χ0n) is 33.6. The summed E-state index contributed by atoms with van der Waals surface area (Å²) < 4.78 is 4.60. The van der Waals surface area contributed by atoms with Gasteiger partial charge in [-0.05, 0) is 72.2 Å². The molecule has 308 valence electrons. The SMILES string of the molecule is CNc1cc(Nc2cccc(CN3CCN(C(=O)CCc4ccc(-c5ccc6c(c5)n(C)c(=O)n6C5CCC(=O)NC5=O)cc4)CC3)c2)nn2c(C(=O)NC3CC3)cnc12. The molecule has 60 heavy (non-hydrogen) atoms. The first-order valence-electron chi connectivity index (χ1n) is 20.5. The van der Waals surface area contributed by atoms with Crippen molar-refractivity contribution in [1.82, 2.24) is 44.2 Å². The van der Waals surface area contributed by atoms with E-state index in [0.29, 0.717) is 54.1 Å². The number of nitrogens with zero attached hydrogens (tertiary/aromatic N) is 7. The van der Waals surface area contributed by atoms with E-state index in [1.165, 1.54) is 9.13 Å². The van der Waals surface area contributed by atoms with E-state index in [4.69, 9.17) is 5.10 Å². The van der Waals surface area contributed by atoms with Crippen LogP contribution < -0.4 is 27.0 Å². The van der Waals surface area contributed by atoms with Gasteiger partial charge in [-0.2, -0.15) is 0 Å². The van der Waals surface area contributed by atoms with Crippen LogP contribution in [0.15, 0.2) is 83.8 Å². The molecule has 3 aliphatic rings. The lowest BCUT2D eigenvalue weighted by atomic mass is 10.0. The Morgan fingerprint density at radius 3 is 2.40 bits per heavy atom. The number of hydrogen-bond acceptors (Lipinski definition) is 10. The number of rotatable bonds is 12. The quantitative estimate of drug-likeness (QED) is 0.132. The lowest BCUT2D eigenvalue weighted by Crippen LogP contribution is -2.48. The number of carbonyl (C=O) groups is 4. The van der Waals surface area contributed by atoms with Crippen molar-refractivity contribution in [3.05, 3.63) is 106 Å². The fraction of sp³-hybridized carbons (Fsp3) is 0.341. The predicted molar refractivity (Wildman–Crippen MR) is 227 cm³/mol. The molecule has 3 fully saturated rings. The maximum absolute atomic E-state index is 13.3. The van der Waals surface area contributed by atoms with Crippen LogP contribution in [-0.4, -0.2) is 96.4 Å². The molecular formula is C44H47N11O5. The van der Waals surface area contributed by atoms with Gasteiger partial charge in [-0.25, -0.2) is 14.3 Å². The second-order valence-electron chi connectivity index (χ2n) is 15.9. The summed E-state index contributed by atoms with van der Waals surface area (Å²) in [5.41, 5.74) is 7.76. The number of aromatic nitrogens is 5. The molecule has 1 atom stereocenters. The molecule has 0 bridgehead atoms. The molecule has 1 aliphatic carbocycles. The monoisotopic (exact) mass is 809 g/mol. The van der Waals surface area contributed by atoms with Crippen LogP contribution in [0.4, 0.5) is 17.2 Å². The van der Waals surface area contributed by atoms with Crippen LogP contribution in [0.3, 0.4) is 0 Å². The molecule has 2 aliphatic heterocycles. The van der Waals surface area contributed by atoms with Gasteiger partial charge in [0, 0.05) is 77.5 Å². The fourth-order valence-electron chi connectivity index (χ4n) is 8.21. The van der Waals surface area contributed by atoms with Gasteiger partial charge in [0.15, 0.2) is 17.2 Å². The maximum Gasteiger partial charge on any atom is 0.329 e. The van der Waals surface area contributed by atoms with E-state index in [-0.39, 0.29) is 42.3 Å². The van der Waals surface area contributed by atoms with Gasteiger partial charge in [0.2, 0.25) is 17.7 Å². The molecular weight excluding hydrogens is 763 g/mol. The van der Waals surface area contributed by atoms with Gasteiger partial charge < -0.3 is 20.9 Å². The largest absolute Gasteiger partial charge is 0.385 e. The number of hydrogen-bond donors (Lipinski definition) is 4. The van der Waals surface area contributed by atoms with Crippen LogP contribution in [0, 0.1) is 0 Å². The highest BCUT2D eigenvalue weighted by Gasteiger charge is 2.31. The third-order valence-corrected chi connectivity index (χ3v) is 11.7. The number of nitrogens with one attached hydrogen (secondary N) is 4. The van der Waals surface area contributed by atoms with Crippen LogP contribution >= 0.6 is 0 Å². The summed E-state index contributed by atoms with van der Waals surface area (Å²) in [4.78, 5) is 72.4. The van der Waals surface area contributed by atoms with Crippen molar-refractivity contribution in [2.45, 2.75) is 57.2 Å². The summed E-state index contributed by atoms with van der Waals surface area (Å²) >= 11 is 0. The molecule has 2 saturated heterocycles. The van der Waals surface area contributed by atoms with Gasteiger partial charge >= 0.3 is 5.69 Å². The maximum atomic E-state index is 13.3. The molecule has 1 unspecified atom stereocenters. The summed E-state index contributed by atoms with van der Waals surface area (Å²) in [7, 11) is 3.50. The normalized spacial score (nSPS) is 17.2. The van der Waals surface area contributed by atoms with E-state index < -0.39 is 11.9 Å². The highest BCUT2D eigenvalue weighted by Crippen LogP contribution is 2.29. The fourth-order valence-corrected chi connectivity index (χ4v) is 8.21. The first-order chi connectivity index (χ1) is 29.1. The Morgan fingerprint density at radius 2 is 1.65 bits per heavy atom. The Bertz CT molecular complexity index is 2700. The van der Waals surface area contributed by atoms with Crippen molar-refractivity contribution in [1.29, 1.82) is 0 Å². The minimum absolute atomic E-state index is 0.147. The first-order valence-corrected chi connectivity index (χ1v) is 20.5. The Kier molecular flexibility index (Phi) is 10.4. The van der Waals surface area contributed by atoms with Gasteiger partial charge in [-0.3, -0.25) is 38.5 Å². The third kappa shape index (κ3) is 7.85. The van der Waals surface area contributed by atoms with Gasteiger partial charge in [-0.1, -0.05) is 42.5 Å². The van der Waals surface area contributed by atoms with E-state index in [9.17, 15) is 24.0 Å². The third-order valence-electron chi connectivity index (χ3n) is 11.7. The lowest BCUT2D eigenvalue weighted by Gasteiger charge is -2.35. The van der Waals surface area contributed by atoms with Crippen LogP contribution in [0.5, 0.6) is 0 Å². The molecule has 16 heteroatoms. The van der Waals surface area contributed by atoms with Crippen molar-refractivity contribution in [2.75, 3.05) is 43.9 Å². The second-order valence-corrected chi connectivity index (χ2v) is 15.9. The number of imidazole rings is 2. The topological polar surface area (TPSA) is 180 Å². The molecule has 3 aromatic heterocycles. The average Bonchev–Trinajstić information content (AvgIpc) is 3.91. The number of fused-ring (bicyclic) bond motifs is 2. The smallest absolute Gasteiger partial charge is 0.329 e. The molecule has 16 nitrogen and oxygen atoms in total. The van der Waals surface area contributed by atoms with Crippen LogP contribution in [-0.2, 0) is 34.4 Å². The number of aryl methyl sites for hydroxylation is 2. The molecule has 5 heterocycles. The zero-order chi connectivity index (χ0) is 41.5. The van der Waals surface area contributed by atoms with Crippen LogP contribution in [0.1, 0.15) is 59.8 Å². The molecule has 3 aromatic carbocycles. The van der Waals surface area contributed by atoms with Gasteiger partial charge in [0.1, 0.15) is 6.04 Å². The first kappa shape index (κ1) is 38.7. The molecule has 4 amide bonds. The van der Waals surface area contributed by atoms with E-state index in [0.717, 1.165) is 66.1 Å². The zero-order valence-corrected chi connectivity index (χ0v) is 33.6. The Balaban J connectivity index is 0.773. The summed E-state index contributed by atoms with van der Waals surface area (Å²) in [5, 5.41) is 16.6. The van der Waals surface area contributed by atoms with E-state index in [1.54, 1.807) is 17.8 Å². The van der Waals surface area contributed by atoms with Crippen molar-refractivity contribution in [3.8, 4) is 11.1 Å². The highest BCUT2D eigenvalue weighted by molar-refractivity contribution is 6.00. The minimum Gasteiger partial charge on any atom is -0.385 e. The molecule has 1 saturated carbocycles. The van der Waals surface area contributed by atoms with Crippen LogP contribution in [0.25, 0.3) is 27.8 Å². The molecule has 0 spiro atoms. The van der Waals surface area contributed by atoms with Gasteiger partial charge in [0.05, 0.1) is 22.9 Å². The number of benzene rings is 3. The number of piperidine rings is 1. The highest BCUT2D eigenvalue weighted by atomic mass is 16.2. The number of piperazine rings is 1. The van der Waals surface area contributed by atoms with Crippen molar-refractivity contribution < 1.29 is 19.2 Å². The summed E-state index contributed by atoms with van der Waals surface area (Å²) in [5.74, 6) is -0.230. The summed E-state index contributed by atoms with van der Waals surface area (Å²) in [6.45, 7) is 3.65. The van der Waals surface area contributed by atoms with Gasteiger partial charge in [-0.15, -0.1) is 5.10 Å². The van der Waals surface area contributed by atoms with Crippen molar-refractivity contribution in [3.63, 3.8) is 0 Å². The Hall–Kier alpha value is -6.81. The number of anilines is 3. The molecule has 4 N–H and O–H groups in total. The Morgan fingerprint density at radius 1 is 0.867 bits per heavy atom. The van der Waals surface area contributed by atoms with Gasteiger partial charge in [0.25, 0.3) is 5.91 Å². The summed E-state index contributed by atoms with van der Waals surface area (Å²) in [6, 6.07) is 23.4. The predicted octanol–water partition coefficient (Wildman–Crippen LogP) is 3.98. The standard InChI is InChI=1S/C44H47N11O5/c1-45-33-24-38(50-55-37(25-46-41(33)55)43(59)48-31-12-13-31)47-32-5-3-4-28(22-32)26-52-18-20-53(21-19-52)40(57)17-8-27-6-9-29(10-7-27)30-11-14-34-36(23-30)51(2)44(60)54(34)35-15-16-39(56)49-42(35)58/h3-7,9-11,14,22-25,31,35,45H,8,12-13,15-21,26H2,1-2H3,(H,47,50)(H,48,59)(H,49,56,58). The van der Waals surface area contributed by atoms with Crippen molar-refractivity contribution in [2.24, 2.45) is 7.05 Å². The number of amides is 4. The molecule has 0 radical (unpaired) electrons. The van der Waals surface area contributed by atoms with E-state index >= 15 is 0 Å². The van der Waals surface area contributed by atoms with E-state index in [1.807, 2.05) is 72.6 Å². The average molecular weight is 810 g/mol. The molecule has 6 aromatic rings. The van der Waals surface area contributed by atoms with E-state index in [2.05, 4.69) is 43.3 Å². The summed E-state index contributed by atoms with van der Waals surface area (Å²) in [6.07, 6.45) is 5.09. The second kappa shape index (κ2) is 16.1. The van der Waals surface area contributed by atoms with Crippen molar-refractivity contribution >= 4 is 57.5 Å². The number of carbonyl (C=O) groups excluding carboxylic acids is 4.